The minimum Gasteiger partial charge on any atom is -0.480 e. The van der Waals surface area contributed by atoms with Crippen LogP contribution >= 0.6 is 19.6 Å². The van der Waals surface area contributed by atoms with Crippen LogP contribution in [0.5, 0.6) is 0 Å². The average molecular weight is 1380 g/mol. The summed E-state index contributed by atoms with van der Waals surface area (Å²) in [7, 11) is -5.42. The average Bonchev–Trinajstić information content (AvgIpc) is 1.62. The van der Waals surface area contributed by atoms with Crippen molar-refractivity contribution in [3.05, 3.63) is 0 Å². The molecule has 2 heterocycles. The van der Waals surface area contributed by atoms with Crippen LogP contribution in [-0.4, -0.2) is 248 Å². The molecule has 530 valence electrons. The first kappa shape index (κ1) is 81.6. The van der Waals surface area contributed by atoms with Crippen molar-refractivity contribution in [1.82, 2.24) is 57.7 Å². The van der Waals surface area contributed by atoms with Crippen LogP contribution in [-0.2, 0) is 76.2 Å². The van der Waals surface area contributed by atoms with Crippen molar-refractivity contribution in [3.63, 3.8) is 0 Å². The highest BCUT2D eigenvalue weighted by Crippen LogP contribution is 2.35. The lowest BCUT2D eigenvalue weighted by molar-refractivity contribution is -0.145. The van der Waals surface area contributed by atoms with Crippen LogP contribution in [0.1, 0.15) is 104 Å². The number of nitrogens with one attached hydrogen (secondary N) is 9. The van der Waals surface area contributed by atoms with Crippen molar-refractivity contribution >= 4 is 114 Å². The minimum absolute atomic E-state index is 0.0125. The van der Waals surface area contributed by atoms with Gasteiger partial charge in [0.1, 0.15) is 66.5 Å². The highest BCUT2D eigenvalue weighted by molar-refractivity contribution is 7.98. The predicted molar refractivity (Wildman–Crippen MR) is 334 cm³/mol. The van der Waals surface area contributed by atoms with E-state index in [4.69, 9.17) is 40.1 Å². The molecule has 2 saturated heterocycles. The topological polar surface area (TPSA) is 668 Å². The van der Waals surface area contributed by atoms with Gasteiger partial charge in [-0.3, -0.25) is 76.8 Å². The van der Waals surface area contributed by atoms with E-state index in [2.05, 4.69) is 62.4 Å². The molecule has 40 nitrogen and oxygen atoms in total. The Kier molecular flexibility index (Phi) is 35.2. The van der Waals surface area contributed by atoms with Crippen LogP contribution in [0.3, 0.4) is 0 Å². The third-order valence-corrected chi connectivity index (χ3v) is 15.6. The lowest BCUT2D eigenvalue weighted by atomic mass is 10.1. The van der Waals surface area contributed by atoms with Gasteiger partial charge in [0.15, 0.2) is 11.9 Å². The van der Waals surface area contributed by atoms with Crippen molar-refractivity contribution in [2.45, 2.75) is 177 Å². The number of nitrogens with zero attached hydrogens (tertiary/aromatic N) is 4. The number of hydrogen-bond acceptors (Lipinski definition) is 21. The molecule has 2 aliphatic heterocycles. The Morgan fingerprint density at radius 3 is 1.46 bits per heavy atom. The monoisotopic (exact) mass is 1380 g/mol. The Hall–Kier alpha value is -8.50. The summed E-state index contributed by atoms with van der Waals surface area (Å²) in [6, 6.07) is -16.4. The fourth-order valence-corrected chi connectivity index (χ4v) is 10.2. The highest BCUT2D eigenvalue weighted by Gasteiger charge is 2.42. The highest BCUT2D eigenvalue weighted by atomic mass is 32.2. The summed E-state index contributed by atoms with van der Waals surface area (Å²) in [6.07, 6.45) is -0.400. The number of aliphatic carboxylic acids is 1. The number of primary amides is 2. The van der Waals surface area contributed by atoms with E-state index in [1.54, 1.807) is 6.26 Å². The molecule has 12 atom stereocenters. The fraction of sp³-hybridized carbons (Fsp3) is 0.692. The zero-order valence-corrected chi connectivity index (χ0v) is 54.3. The molecular weight excluding hydrogens is 1290 g/mol. The Balaban J connectivity index is 2.23. The van der Waals surface area contributed by atoms with Crippen LogP contribution in [0.2, 0.25) is 0 Å². The van der Waals surface area contributed by atoms with Crippen molar-refractivity contribution in [3.8, 4) is 0 Å². The second kappa shape index (κ2) is 40.6. The molecule has 13 amide bonds. The Morgan fingerprint density at radius 1 is 0.564 bits per heavy atom. The maximum Gasteiger partial charge on any atom is 0.469 e. The number of aliphatic hydroxyl groups excluding tert-OH is 1. The minimum atomic E-state index is -5.42. The van der Waals surface area contributed by atoms with Crippen molar-refractivity contribution in [2.24, 2.45) is 50.1 Å². The normalized spacial score (nSPS) is 17.6. The van der Waals surface area contributed by atoms with E-state index in [0.717, 1.165) is 13.8 Å². The molecule has 2 fully saturated rings. The maximum atomic E-state index is 14.1. The van der Waals surface area contributed by atoms with Crippen LogP contribution in [0.15, 0.2) is 9.98 Å². The van der Waals surface area contributed by atoms with E-state index >= 15 is 0 Å². The molecule has 0 radical (unpaired) electrons. The van der Waals surface area contributed by atoms with E-state index in [1.165, 1.54) is 28.5 Å². The van der Waals surface area contributed by atoms with Crippen LogP contribution in [0.4, 0.5) is 0 Å². The molecule has 0 aromatic heterocycles. The number of phosphoric acid groups is 1. The molecule has 0 saturated carbocycles. The lowest BCUT2D eigenvalue weighted by Crippen LogP contribution is -2.60. The number of carboxylic acids is 1. The second-order valence-electron chi connectivity index (χ2n) is 22.1. The Bertz CT molecular complexity index is 2810. The Labute approximate surface area is 544 Å². The number of nitrogens with two attached hydrogens (primary N) is 7. The first-order valence-corrected chi connectivity index (χ1v) is 32.7. The number of guanidine groups is 2. The molecule has 0 spiro atoms. The fourth-order valence-electron chi connectivity index (χ4n) is 9.37. The van der Waals surface area contributed by atoms with Crippen molar-refractivity contribution < 1.29 is 96.2 Å². The van der Waals surface area contributed by atoms with Gasteiger partial charge in [-0.25, -0.2) is 9.36 Å². The van der Waals surface area contributed by atoms with Gasteiger partial charge in [-0.15, -0.1) is 0 Å². The van der Waals surface area contributed by atoms with Crippen LogP contribution in [0.25, 0.3) is 0 Å². The number of hydrogen-bond donors (Lipinski definition) is 20. The number of thioether (sulfide) groups is 1. The number of carbonyl (C=O) groups excluding carboxylic acids is 13. The summed E-state index contributed by atoms with van der Waals surface area (Å²) < 4.78 is 16.3. The van der Waals surface area contributed by atoms with Gasteiger partial charge >= 0.3 is 13.8 Å². The molecule has 0 aromatic carbocycles. The maximum absolute atomic E-state index is 14.1. The number of aliphatic hydroxyl groups is 1. The first-order valence-electron chi connectivity index (χ1n) is 29.8. The molecule has 2 aliphatic rings. The number of phosphoric ester groups is 1. The second-order valence-corrected chi connectivity index (χ2v) is 24.3. The van der Waals surface area contributed by atoms with Crippen LogP contribution in [0, 0.1) is 0 Å². The summed E-state index contributed by atoms with van der Waals surface area (Å²) in [4.78, 5) is 215. The third kappa shape index (κ3) is 29.6. The number of carbonyl (C=O) groups is 14. The van der Waals surface area contributed by atoms with Gasteiger partial charge in [-0.05, 0) is 103 Å². The molecule has 27 N–H and O–H groups in total. The molecule has 0 aromatic rings. The van der Waals surface area contributed by atoms with E-state index in [1.807, 2.05) is 0 Å². The SMILES string of the molecule is CSCC[C@H](NC(=O)[C@@H]1CCCN1C(=O)CNC(=O)[C@H](C)NC(=O)[C@H](CCC(N)=O)NC(=O)[C@H](COP(=O)(O)O)NC(=O)[C@H](C)NC(=O)[C@H](CCC(N)=O)NC(=O)[C@H](CCCN=C(N)N)NC(=O)[C@@H](N)[C@@H](C)O)C(=O)N1CCC[C@H]1C(=O)N[C@@H](CCCN=C(N)N)C(=O)O. The number of likely N-dealkylation sites (tertiary alicyclic amines) is 2. The summed E-state index contributed by atoms with van der Waals surface area (Å²) in [5.74, 6) is -14.0. The predicted octanol–water partition coefficient (Wildman–Crippen LogP) is -9.70. The van der Waals surface area contributed by atoms with Gasteiger partial charge in [0, 0.05) is 39.0 Å². The van der Waals surface area contributed by atoms with E-state index in [9.17, 15) is 91.7 Å². The first-order chi connectivity index (χ1) is 44.0. The van der Waals surface area contributed by atoms with Gasteiger partial charge in [0.2, 0.25) is 76.8 Å². The van der Waals surface area contributed by atoms with E-state index < -0.39 is 202 Å². The molecule has 0 unspecified atom stereocenters. The molecule has 94 heavy (non-hydrogen) atoms. The van der Waals surface area contributed by atoms with E-state index in [-0.39, 0.29) is 83.0 Å². The van der Waals surface area contributed by atoms with Gasteiger partial charge in [0.05, 0.1) is 19.3 Å². The van der Waals surface area contributed by atoms with Gasteiger partial charge < -0.3 is 118 Å². The van der Waals surface area contributed by atoms with Gasteiger partial charge in [0.25, 0.3) is 0 Å². The molecule has 42 heteroatoms. The molecule has 0 aliphatic carbocycles. The van der Waals surface area contributed by atoms with Gasteiger partial charge in [-0.1, -0.05) is 0 Å². The quantitative estimate of drug-likeness (QED) is 0.0117. The Morgan fingerprint density at radius 2 is 0.989 bits per heavy atom. The summed E-state index contributed by atoms with van der Waals surface area (Å²) in [6.45, 7) is 1.70. The smallest absolute Gasteiger partial charge is 0.469 e. The zero-order chi connectivity index (χ0) is 71.2. The van der Waals surface area contributed by atoms with E-state index in [0.29, 0.717) is 18.6 Å². The lowest BCUT2D eigenvalue weighted by Gasteiger charge is -2.31. The van der Waals surface area contributed by atoms with Crippen LogP contribution < -0.4 is 88.0 Å². The standard InChI is InChI=1S/C52H91N20O20PS/c1-25(40(77)62-23-38(76)71-20-7-11-34(71)46(83)68-31(17-22-94-4)49(86)72-21-8-12-35(72)47(84)69-32(50(87)88)10-6-19-61-52(58)59)63-42(79)30(14-16-37(54)75)66-45(82)33(24-92-93(89,90)91)70-41(78)26(2)64-43(80)29(13-15-36(53)74)65-44(81)28(9-5-18-60-51(56)57)67-48(85)39(55)27(3)73/h25-35,39,73H,5-24,55H2,1-4H3,(H2,53,74)(H2,54,75)(H,62,77)(H,63,79)(H,64,80)(H,65,81)(H,66,82)(H,67,85)(H,68,83)(H,69,84)(H,70,78)(H,87,88)(H4,56,57,60)(H4,58,59,61)(H2,89,90,91)/t25-,26-,27+,28-,29-,30-,31-,32-,33-,34-,35-,39-/m0/s1. The number of carboxylic acid groups (broad SMARTS) is 1. The van der Waals surface area contributed by atoms with Gasteiger partial charge in [-0.2, -0.15) is 11.8 Å². The summed E-state index contributed by atoms with van der Waals surface area (Å²) in [5, 5.41) is 40.7. The molecular formula is C52H91N20O20PS. The number of amides is 13. The third-order valence-electron chi connectivity index (χ3n) is 14.5. The number of aliphatic imine (C=N–C) groups is 2. The summed E-state index contributed by atoms with van der Waals surface area (Å²) >= 11 is 1.37. The molecule has 0 bridgehead atoms. The summed E-state index contributed by atoms with van der Waals surface area (Å²) in [5.41, 5.74) is 37.8. The van der Waals surface area contributed by atoms with Crippen molar-refractivity contribution in [2.75, 3.05) is 51.3 Å². The van der Waals surface area contributed by atoms with Crippen molar-refractivity contribution in [1.29, 1.82) is 0 Å². The largest absolute Gasteiger partial charge is 0.480 e. The number of rotatable bonds is 42. The molecule has 2 rings (SSSR count). The zero-order valence-electron chi connectivity index (χ0n) is 52.6.